The Balaban J connectivity index is 1.86. The van der Waals surface area contributed by atoms with Gasteiger partial charge in [-0.15, -0.1) is 0 Å². The molecule has 0 radical (unpaired) electrons. The van der Waals surface area contributed by atoms with Gasteiger partial charge in [-0.1, -0.05) is 50.6 Å². The summed E-state index contributed by atoms with van der Waals surface area (Å²) in [4.78, 5) is 12.1. The van der Waals surface area contributed by atoms with Crippen molar-refractivity contribution in [3.05, 3.63) is 35.9 Å². The molecule has 2 rings (SSSR count). The predicted octanol–water partition coefficient (Wildman–Crippen LogP) is 2.89. The second-order valence-electron chi connectivity index (χ2n) is 6.97. The average molecular weight is 288 g/mol. The van der Waals surface area contributed by atoms with Crippen molar-refractivity contribution in [3.63, 3.8) is 0 Å². The van der Waals surface area contributed by atoms with Crippen LogP contribution in [0.1, 0.15) is 45.1 Å². The Morgan fingerprint density at radius 2 is 1.95 bits per heavy atom. The molecule has 1 aromatic rings. The van der Waals surface area contributed by atoms with Crippen molar-refractivity contribution in [1.82, 2.24) is 5.32 Å². The smallest absolute Gasteiger partial charge is 0.236 e. The third kappa shape index (κ3) is 4.57. The molecule has 0 aliphatic heterocycles. The van der Waals surface area contributed by atoms with E-state index < -0.39 is 0 Å². The zero-order chi connectivity index (χ0) is 15.3. The Labute approximate surface area is 128 Å². The maximum absolute atomic E-state index is 12.1. The Bertz CT molecular complexity index is 452. The number of hydrogen-bond acceptors (Lipinski definition) is 2. The van der Waals surface area contributed by atoms with Crippen LogP contribution in [0.4, 0.5) is 0 Å². The van der Waals surface area contributed by atoms with Gasteiger partial charge in [-0.25, -0.2) is 0 Å². The van der Waals surface area contributed by atoms with E-state index >= 15 is 0 Å². The molecule has 0 unspecified atom stereocenters. The molecule has 3 heteroatoms. The summed E-state index contributed by atoms with van der Waals surface area (Å²) in [6.07, 6.45) is 5.45. The zero-order valence-corrected chi connectivity index (χ0v) is 13.3. The summed E-state index contributed by atoms with van der Waals surface area (Å²) in [7, 11) is 0. The molecular weight excluding hydrogens is 260 g/mol. The van der Waals surface area contributed by atoms with Gasteiger partial charge in [0.05, 0.1) is 6.04 Å². The van der Waals surface area contributed by atoms with Gasteiger partial charge in [-0.05, 0) is 42.6 Å². The summed E-state index contributed by atoms with van der Waals surface area (Å²) >= 11 is 0. The van der Waals surface area contributed by atoms with Crippen LogP contribution >= 0.6 is 0 Å². The zero-order valence-electron chi connectivity index (χ0n) is 13.3. The monoisotopic (exact) mass is 288 g/mol. The molecule has 1 atom stereocenters. The first-order valence-corrected chi connectivity index (χ1v) is 8.08. The van der Waals surface area contributed by atoms with E-state index in [2.05, 4.69) is 43.4 Å². The number of hydrogen-bond donors (Lipinski definition) is 2. The Kier molecular flexibility index (Phi) is 5.40. The van der Waals surface area contributed by atoms with Gasteiger partial charge in [0.15, 0.2) is 0 Å². The fourth-order valence-electron chi connectivity index (χ4n) is 3.14. The highest BCUT2D eigenvalue weighted by Crippen LogP contribution is 2.43. The van der Waals surface area contributed by atoms with E-state index in [1.165, 1.54) is 24.8 Å². The first-order chi connectivity index (χ1) is 10.0. The topological polar surface area (TPSA) is 55.1 Å². The largest absolute Gasteiger partial charge is 0.354 e. The van der Waals surface area contributed by atoms with Gasteiger partial charge in [0.25, 0.3) is 0 Å². The van der Waals surface area contributed by atoms with Crippen LogP contribution in [0.15, 0.2) is 30.3 Å². The summed E-state index contributed by atoms with van der Waals surface area (Å²) in [6, 6.07) is 10.2. The molecule has 1 aromatic carbocycles. The number of nitrogens with two attached hydrogens (primary N) is 1. The number of benzene rings is 1. The summed E-state index contributed by atoms with van der Waals surface area (Å²) in [5.74, 6) is 0.454. The molecule has 0 heterocycles. The lowest BCUT2D eigenvalue weighted by Crippen LogP contribution is -2.48. The number of carbonyl (C=O) groups excluding carboxylic acids is 1. The van der Waals surface area contributed by atoms with Gasteiger partial charge in [0.1, 0.15) is 0 Å². The lowest BCUT2D eigenvalue weighted by atomic mass is 9.65. The van der Waals surface area contributed by atoms with Crippen molar-refractivity contribution in [2.45, 2.75) is 52.0 Å². The van der Waals surface area contributed by atoms with Crippen LogP contribution in [-0.2, 0) is 11.2 Å². The number of amides is 1. The van der Waals surface area contributed by atoms with Crippen molar-refractivity contribution in [2.24, 2.45) is 17.1 Å². The molecule has 3 nitrogen and oxygen atoms in total. The minimum Gasteiger partial charge on any atom is -0.354 e. The van der Waals surface area contributed by atoms with Gasteiger partial charge < -0.3 is 11.1 Å². The van der Waals surface area contributed by atoms with Crippen LogP contribution in [0.2, 0.25) is 0 Å². The van der Waals surface area contributed by atoms with Crippen LogP contribution in [0.5, 0.6) is 0 Å². The van der Waals surface area contributed by atoms with Crippen LogP contribution in [-0.4, -0.2) is 18.5 Å². The first-order valence-electron chi connectivity index (χ1n) is 8.08. The Morgan fingerprint density at radius 1 is 1.29 bits per heavy atom. The molecule has 1 aliphatic rings. The standard InChI is InChI=1S/C18H28N2O/c1-14(2)11-16(19)17(21)20-13-18(9-6-10-18)12-15-7-4-3-5-8-15/h3-5,7-8,14,16H,6,9-13,19H2,1-2H3,(H,20,21)/t16-/m0/s1. The van der Waals surface area contributed by atoms with E-state index in [0.717, 1.165) is 19.4 Å². The van der Waals surface area contributed by atoms with E-state index in [-0.39, 0.29) is 17.4 Å². The fraction of sp³-hybridized carbons (Fsp3) is 0.611. The average Bonchev–Trinajstić information content (AvgIpc) is 2.41. The van der Waals surface area contributed by atoms with Crippen molar-refractivity contribution in [1.29, 1.82) is 0 Å². The summed E-state index contributed by atoms with van der Waals surface area (Å²) in [5.41, 5.74) is 7.55. The van der Waals surface area contributed by atoms with Crippen LogP contribution in [0.25, 0.3) is 0 Å². The van der Waals surface area contributed by atoms with Crippen molar-refractivity contribution in [3.8, 4) is 0 Å². The molecule has 0 aromatic heterocycles. The van der Waals surface area contributed by atoms with E-state index in [1.54, 1.807) is 0 Å². The molecule has 1 saturated carbocycles. The minimum atomic E-state index is -0.376. The van der Waals surface area contributed by atoms with Crippen LogP contribution in [0, 0.1) is 11.3 Å². The van der Waals surface area contributed by atoms with Crippen molar-refractivity contribution < 1.29 is 4.79 Å². The normalized spacial score (nSPS) is 18.1. The van der Waals surface area contributed by atoms with E-state index in [4.69, 9.17) is 5.73 Å². The summed E-state index contributed by atoms with van der Waals surface area (Å²) in [6.45, 7) is 4.94. The molecule has 1 aliphatic carbocycles. The second kappa shape index (κ2) is 7.08. The van der Waals surface area contributed by atoms with Gasteiger partial charge in [0.2, 0.25) is 5.91 Å². The Morgan fingerprint density at radius 3 is 2.48 bits per heavy atom. The fourth-order valence-corrected chi connectivity index (χ4v) is 3.14. The summed E-state index contributed by atoms with van der Waals surface area (Å²) in [5, 5.41) is 3.09. The highest BCUT2D eigenvalue weighted by molar-refractivity contribution is 5.81. The SMILES string of the molecule is CC(C)C[C@H](N)C(=O)NCC1(Cc2ccccc2)CCC1. The van der Waals surface area contributed by atoms with E-state index in [9.17, 15) is 4.79 Å². The molecule has 0 saturated heterocycles. The van der Waals surface area contributed by atoms with Gasteiger partial charge in [-0.2, -0.15) is 0 Å². The third-order valence-electron chi connectivity index (χ3n) is 4.54. The lowest BCUT2D eigenvalue weighted by Gasteiger charge is -2.42. The molecule has 1 fully saturated rings. The van der Waals surface area contributed by atoms with Gasteiger partial charge in [0, 0.05) is 6.54 Å². The van der Waals surface area contributed by atoms with Crippen LogP contribution in [0.3, 0.4) is 0 Å². The highest BCUT2D eigenvalue weighted by atomic mass is 16.2. The number of nitrogens with one attached hydrogen (secondary N) is 1. The molecule has 3 N–H and O–H groups in total. The van der Waals surface area contributed by atoms with Crippen molar-refractivity contribution in [2.75, 3.05) is 6.54 Å². The maximum atomic E-state index is 12.1. The van der Waals surface area contributed by atoms with Crippen molar-refractivity contribution >= 4 is 5.91 Å². The molecule has 116 valence electrons. The van der Waals surface area contributed by atoms with E-state index in [0.29, 0.717) is 5.92 Å². The van der Waals surface area contributed by atoms with Gasteiger partial charge in [-0.3, -0.25) is 4.79 Å². The number of rotatable bonds is 7. The Hall–Kier alpha value is -1.35. The maximum Gasteiger partial charge on any atom is 0.236 e. The first kappa shape index (κ1) is 16.0. The molecule has 0 bridgehead atoms. The minimum absolute atomic E-state index is 0.00281. The predicted molar refractivity (Wildman–Crippen MR) is 86.9 cm³/mol. The molecule has 0 spiro atoms. The van der Waals surface area contributed by atoms with Gasteiger partial charge >= 0.3 is 0 Å². The molecular formula is C18H28N2O. The highest BCUT2D eigenvalue weighted by Gasteiger charge is 2.37. The second-order valence-corrected chi connectivity index (χ2v) is 6.97. The lowest BCUT2D eigenvalue weighted by molar-refractivity contribution is -0.123. The van der Waals surface area contributed by atoms with Crippen LogP contribution < -0.4 is 11.1 Å². The molecule has 1 amide bonds. The summed E-state index contributed by atoms with van der Waals surface area (Å²) < 4.78 is 0. The quantitative estimate of drug-likeness (QED) is 0.810. The third-order valence-corrected chi connectivity index (χ3v) is 4.54. The van der Waals surface area contributed by atoms with E-state index in [1.807, 2.05) is 6.07 Å². The number of carbonyl (C=O) groups is 1. The molecule has 21 heavy (non-hydrogen) atoms.